The first-order chi connectivity index (χ1) is 18.5. The largest absolute Gasteiger partial charge is 0.458 e. The lowest BCUT2D eigenvalue weighted by molar-refractivity contribution is -0.185. The lowest BCUT2D eigenvalue weighted by Gasteiger charge is -2.43. The van der Waals surface area contributed by atoms with Crippen LogP contribution in [0.1, 0.15) is 80.7 Å². The maximum absolute atomic E-state index is 14.9. The minimum atomic E-state index is -0.955. The van der Waals surface area contributed by atoms with Gasteiger partial charge in [0.05, 0.1) is 11.5 Å². The SMILES string of the molecule is Cc1cc(C)n2nc(CC3C(=O)CC(CCc4ccc(C(C)(C)C#N)c(F)c4)(C4CCCC4)OC3=O)nc2n1. The van der Waals surface area contributed by atoms with Gasteiger partial charge in [0.2, 0.25) is 0 Å². The fourth-order valence-electron chi connectivity index (χ4n) is 6.19. The molecule has 1 saturated carbocycles. The van der Waals surface area contributed by atoms with Crippen molar-refractivity contribution in [3.05, 3.63) is 58.4 Å². The number of rotatable bonds is 7. The number of ether oxygens (including phenoxy) is 1. The summed E-state index contributed by atoms with van der Waals surface area (Å²) in [7, 11) is 0. The Labute approximate surface area is 227 Å². The Morgan fingerprint density at radius 1 is 1.18 bits per heavy atom. The molecule has 1 aliphatic heterocycles. The van der Waals surface area contributed by atoms with E-state index in [0.717, 1.165) is 42.6 Å². The van der Waals surface area contributed by atoms with Crippen LogP contribution in [-0.4, -0.2) is 36.9 Å². The summed E-state index contributed by atoms with van der Waals surface area (Å²) in [4.78, 5) is 35.7. The van der Waals surface area contributed by atoms with Gasteiger partial charge in [-0.1, -0.05) is 25.0 Å². The Morgan fingerprint density at radius 3 is 2.59 bits per heavy atom. The van der Waals surface area contributed by atoms with E-state index in [9.17, 15) is 19.2 Å². The molecule has 9 heteroatoms. The van der Waals surface area contributed by atoms with Crippen molar-refractivity contribution in [2.24, 2.45) is 11.8 Å². The number of hydrogen-bond donors (Lipinski definition) is 0. The van der Waals surface area contributed by atoms with Crippen LogP contribution < -0.4 is 0 Å². The molecule has 8 nitrogen and oxygen atoms in total. The van der Waals surface area contributed by atoms with Crippen molar-refractivity contribution in [1.82, 2.24) is 19.6 Å². The molecule has 0 radical (unpaired) electrons. The summed E-state index contributed by atoms with van der Waals surface area (Å²) >= 11 is 0. The van der Waals surface area contributed by atoms with E-state index in [-0.39, 0.29) is 24.5 Å². The molecule has 0 spiro atoms. The van der Waals surface area contributed by atoms with E-state index in [4.69, 9.17) is 4.74 Å². The monoisotopic (exact) mass is 531 g/mol. The molecule has 0 bridgehead atoms. The van der Waals surface area contributed by atoms with E-state index in [0.29, 0.717) is 30.0 Å². The molecule has 1 aliphatic carbocycles. The standard InChI is InChI=1S/C30H34FN5O3/c1-18-13-19(2)36-28(33-18)34-26(35-36)15-22-25(37)16-30(39-27(22)38,21-7-5-6-8-21)12-11-20-9-10-23(24(31)14-20)29(3,4)17-32/h9-10,13-14,21-22H,5-8,11-12,15-16H2,1-4H3. The van der Waals surface area contributed by atoms with Crippen LogP contribution in [0.3, 0.4) is 0 Å². The number of carbonyl (C=O) groups is 2. The summed E-state index contributed by atoms with van der Waals surface area (Å²) in [6.45, 7) is 7.15. The van der Waals surface area contributed by atoms with Crippen LogP contribution in [0.5, 0.6) is 0 Å². The molecule has 5 rings (SSSR count). The van der Waals surface area contributed by atoms with Crippen LogP contribution >= 0.6 is 0 Å². The van der Waals surface area contributed by atoms with Gasteiger partial charge in [0.15, 0.2) is 11.6 Å². The average molecular weight is 532 g/mol. The fraction of sp³-hybridized carbons (Fsp3) is 0.533. The third-order valence-corrected chi connectivity index (χ3v) is 8.42. The second-order valence-corrected chi connectivity index (χ2v) is 11.7. The van der Waals surface area contributed by atoms with Gasteiger partial charge in [-0.3, -0.25) is 9.59 Å². The maximum Gasteiger partial charge on any atom is 0.317 e. The van der Waals surface area contributed by atoms with E-state index in [1.54, 1.807) is 24.4 Å². The van der Waals surface area contributed by atoms with Crippen molar-refractivity contribution >= 4 is 17.5 Å². The molecule has 1 aromatic carbocycles. The molecule has 2 aliphatic rings. The highest BCUT2D eigenvalue weighted by Crippen LogP contribution is 2.45. The highest BCUT2D eigenvalue weighted by molar-refractivity contribution is 6.01. The Bertz CT molecular complexity index is 1460. The number of halogens is 1. The van der Waals surface area contributed by atoms with Crippen LogP contribution in [0.4, 0.5) is 4.39 Å². The van der Waals surface area contributed by atoms with Crippen LogP contribution in [0.2, 0.25) is 0 Å². The van der Waals surface area contributed by atoms with Crippen LogP contribution in [0.25, 0.3) is 5.78 Å². The summed E-state index contributed by atoms with van der Waals surface area (Å²) in [5.41, 5.74) is 0.954. The first kappa shape index (κ1) is 26.9. The lowest BCUT2D eigenvalue weighted by Crippen LogP contribution is -2.52. The molecule has 3 aromatic rings. The number of nitriles is 1. The third kappa shape index (κ3) is 5.17. The van der Waals surface area contributed by atoms with Crippen molar-refractivity contribution < 1.29 is 18.7 Å². The van der Waals surface area contributed by atoms with Gasteiger partial charge in [0, 0.05) is 29.8 Å². The molecular formula is C30H34FN5O3. The van der Waals surface area contributed by atoms with Gasteiger partial charge in [-0.25, -0.2) is 13.9 Å². The van der Waals surface area contributed by atoms with Crippen LogP contribution in [0, 0.1) is 42.8 Å². The predicted molar refractivity (Wildman–Crippen MR) is 141 cm³/mol. The number of hydrogen-bond acceptors (Lipinski definition) is 7. The van der Waals surface area contributed by atoms with Crippen LogP contribution in [0.15, 0.2) is 24.3 Å². The lowest BCUT2D eigenvalue weighted by atomic mass is 9.73. The molecule has 39 heavy (non-hydrogen) atoms. The van der Waals surface area contributed by atoms with E-state index < -0.39 is 28.7 Å². The van der Waals surface area contributed by atoms with Gasteiger partial charge < -0.3 is 4.74 Å². The number of nitrogens with zero attached hydrogens (tertiary/aromatic N) is 5. The third-order valence-electron chi connectivity index (χ3n) is 8.42. The average Bonchev–Trinajstić information content (AvgIpc) is 3.56. The summed E-state index contributed by atoms with van der Waals surface area (Å²) in [5.74, 6) is -1.15. The molecule has 2 unspecified atom stereocenters. The van der Waals surface area contributed by atoms with Gasteiger partial charge in [-0.2, -0.15) is 10.2 Å². The van der Waals surface area contributed by atoms with Gasteiger partial charge >= 0.3 is 5.97 Å². The molecule has 2 fully saturated rings. The maximum atomic E-state index is 14.9. The summed E-state index contributed by atoms with van der Waals surface area (Å²) < 4.78 is 22.7. The number of benzene rings is 1. The highest BCUT2D eigenvalue weighted by Gasteiger charge is 2.51. The Balaban J connectivity index is 1.35. The zero-order valence-corrected chi connectivity index (χ0v) is 23.0. The van der Waals surface area contributed by atoms with Crippen molar-refractivity contribution in [3.8, 4) is 6.07 Å². The molecule has 1 saturated heterocycles. The molecular weight excluding hydrogens is 497 g/mol. The number of aromatic nitrogens is 4. The zero-order chi connectivity index (χ0) is 27.9. The summed E-state index contributed by atoms with van der Waals surface area (Å²) in [6, 6.07) is 8.97. The minimum absolute atomic E-state index is 0.0710. The van der Waals surface area contributed by atoms with Crippen molar-refractivity contribution in [2.45, 2.75) is 90.1 Å². The Kier molecular flexibility index (Phi) is 7.00. The van der Waals surface area contributed by atoms with Gasteiger partial charge in [-0.05, 0) is 77.0 Å². The normalized spacial score (nSPS) is 22.3. The van der Waals surface area contributed by atoms with Crippen molar-refractivity contribution in [3.63, 3.8) is 0 Å². The second kappa shape index (κ2) is 10.1. The number of fused-ring (bicyclic) bond motifs is 1. The predicted octanol–water partition coefficient (Wildman–Crippen LogP) is 4.92. The van der Waals surface area contributed by atoms with E-state index in [1.807, 2.05) is 26.0 Å². The van der Waals surface area contributed by atoms with Crippen LogP contribution in [-0.2, 0) is 32.6 Å². The number of ketones is 1. The number of Topliss-reactive ketones (excluding diaryl/α,β-unsaturated/α-hetero) is 1. The highest BCUT2D eigenvalue weighted by atomic mass is 19.1. The summed E-state index contributed by atoms with van der Waals surface area (Å²) in [6.07, 6.45) is 4.97. The van der Waals surface area contributed by atoms with E-state index >= 15 is 0 Å². The molecule has 0 N–H and O–H groups in total. The van der Waals surface area contributed by atoms with Crippen molar-refractivity contribution in [2.75, 3.05) is 0 Å². The second-order valence-electron chi connectivity index (χ2n) is 11.7. The molecule has 204 valence electrons. The zero-order valence-electron chi connectivity index (χ0n) is 23.0. The van der Waals surface area contributed by atoms with Crippen molar-refractivity contribution in [1.29, 1.82) is 5.26 Å². The number of cyclic esters (lactones) is 1. The topological polar surface area (TPSA) is 110 Å². The molecule has 3 heterocycles. The molecule has 2 atom stereocenters. The Hall–Kier alpha value is -3.67. The number of aryl methyl sites for hydroxylation is 3. The van der Waals surface area contributed by atoms with E-state index in [1.165, 1.54) is 6.07 Å². The molecule has 0 amide bonds. The van der Waals surface area contributed by atoms with E-state index in [2.05, 4.69) is 21.1 Å². The smallest absolute Gasteiger partial charge is 0.317 e. The first-order valence-electron chi connectivity index (χ1n) is 13.7. The first-order valence-corrected chi connectivity index (χ1v) is 13.7. The van der Waals surface area contributed by atoms with Gasteiger partial charge in [0.1, 0.15) is 17.3 Å². The Morgan fingerprint density at radius 2 is 1.92 bits per heavy atom. The van der Waals surface area contributed by atoms with Gasteiger partial charge in [-0.15, -0.1) is 5.10 Å². The number of esters is 1. The molecule has 2 aromatic heterocycles. The minimum Gasteiger partial charge on any atom is -0.458 e. The fourth-order valence-corrected chi connectivity index (χ4v) is 6.19. The quantitative estimate of drug-likeness (QED) is 0.314. The summed E-state index contributed by atoms with van der Waals surface area (Å²) in [5, 5.41) is 13.9. The van der Waals surface area contributed by atoms with Gasteiger partial charge in [0.25, 0.3) is 5.78 Å². The number of carbonyl (C=O) groups excluding carboxylic acids is 2.